The van der Waals surface area contributed by atoms with E-state index < -0.39 is 11.3 Å². The first-order valence-electron chi connectivity index (χ1n) is 8.80. The molecule has 1 heterocycles. The molecule has 0 radical (unpaired) electrons. The first kappa shape index (κ1) is 17.3. The van der Waals surface area contributed by atoms with Crippen molar-refractivity contribution in [3.63, 3.8) is 0 Å². The summed E-state index contributed by atoms with van der Waals surface area (Å²) in [6.45, 7) is 0.501. The van der Waals surface area contributed by atoms with Gasteiger partial charge in [0.1, 0.15) is 5.82 Å². The highest BCUT2D eigenvalue weighted by molar-refractivity contribution is 6.08. The summed E-state index contributed by atoms with van der Waals surface area (Å²) in [6.07, 6.45) is 0.922. The lowest BCUT2D eigenvalue weighted by molar-refractivity contribution is 0.0786. The number of pyridine rings is 1. The van der Waals surface area contributed by atoms with Crippen LogP contribution in [0.2, 0.25) is 0 Å². The van der Waals surface area contributed by atoms with Gasteiger partial charge in [0, 0.05) is 24.5 Å². The number of nitrogens with one attached hydrogen (secondary N) is 1. The maximum absolute atomic E-state index is 13.1. The predicted octanol–water partition coefficient (Wildman–Crippen LogP) is 3.25. The summed E-state index contributed by atoms with van der Waals surface area (Å²) in [4.78, 5) is 29.0. The van der Waals surface area contributed by atoms with Crippen LogP contribution in [-0.4, -0.2) is 34.5 Å². The summed E-state index contributed by atoms with van der Waals surface area (Å²) in [5, 5.41) is 10.7. The smallest absolute Gasteiger partial charge is 0.291 e. The molecule has 0 saturated heterocycles. The van der Waals surface area contributed by atoms with Crippen LogP contribution in [0.1, 0.15) is 28.3 Å². The Balaban J connectivity index is 1.55. The third-order valence-electron chi connectivity index (χ3n) is 5.19. The molecule has 0 spiro atoms. The number of benzene rings is 2. The van der Waals surface area contributed by atoms with E-state index >= 15 is 0 Å². The molecule has 2 N–H and O–H groups in total. The quantitative estimate of drug-likeness (QED) is 0.744. The lowest BCUT2D eigenvalue weighted by atomic mass is 10.1. The first-order valence-corrected chi connectivity index (χ1v) is 8.80. The summed E-state index contributed by atoms with van der Waals surface area (Å²) < 4.78 is 13.1. The Morgan fingerprint density at radius 2 is 1.93 bits per heavy atom. The molecule has 1 amide bonds. The molecule has 138 valence electrons. The monoisotopic (exact) mass is 366 g/mol. The molecule has 2 aromatic carbocycles. The third kappa shape index (κ3) is 3.18. The lowest BCUT2D eigenvalue weighted by Crippen LogP contribution is -2.30. The van der Waals surface area contributed by atoms with E-state index in [4.69, 9.17) is 0 Å². The number of aromatic hydroxyl groups is 1. The Labute approximate surface area is 155 Å². The van der Waals surface area contributed by atoms with Crippen LogP contribution in [0.4, 0.5) is 4.39 Å². The van der Waals surface area contributed by atoms with Gasteiger partial charge in [0.25, 0.3) is 11.5 Å². The summed E-state index contributed by atoms with van der Waals surface area (Å²) in [5.74, 6) is -0.638. The van der Waals surface area contributed by atoms with Crippen molar-refractivity contribution in [1.29, 1.82) is 0 Å². The van der Waals surface area contributed by atoms with Gasteiger partial charge in [-0.15, -0.1) is 0 Å². The minimum absolute atomic E-state index is 0.0239. The molecule has 3 aromatic rings. The molecule has 1 saturated carbocycles. The number of amides is 1. The van der Waals surface area contributed by atoms with E-state index in [1.807, 2.05) is 0 Å². The maximum Gasteiger partial charge on any atom is 0.291 e. The van der Waals surface area contributed by atoms with E-state index in [0.29, 0.717) is 23.4 Å². The number of nitrogens with zero attached hydrogens (tertiary/aromatic N) is 1. The second kappa shape index (κ2) is 6.54. The molecule has 0 bridgehead atoms. The standard InChI is InChI=1S/C21H19FN2O3/c1-24(11-13-10-16(13)12-6-8-14(22)9-7-12)21(27)18-15-4-2-3-5-17(15)23-20(26)19(18)25/h2-9,13,16,25H,10-11H2,1H3,(H,23,26)/t13-,16-/m0/s1. The number of aromatic amines is 1. The van der Waals surface area contributed by atoms with E-state index in [-0.39, 0.29) is 23.2 Å². The van der Waals surface area contributed by atoms with Crippen LogP contribution in [0.5, 0.6) is 5.75 Å². The molecule has 27 heavy (non-hydrogen) atoms. The predicted molar refractivity (Wildman–Crippen MR) is 100 cm³/mol. The number of hydrogen-bond acceptors (Lipinski definition) is 3. The molecule has 2 atom stereocenters. The van der Waals surface area contributed by atoms with Gasteiger partial charge < -0.3 is 15.0 Å². The Morgan fingerprint density at radius 3 is 2.67 bits per heavy atom. The molecule has 1 aliphatic carbocycles. The minimum Gasteiger partial charge on any atom is -0.502 e. The minimum atomic E-state index is -0.680. The van der Waals surface area contributed by atoms with Crippen LogP contribution in [0.25, 0.3) is 10.9 Å². The lowest BCUT2D eigenvalue weighted by Gasteiger charge is -2.19. The third-order valence-corrected chi connectivity index (χ3v) is 5.19. The van der Waals surface area contributed by atoms with Crippen LogP contribution in [0.3, 0.4) is 0 Å². The van der Waals surface area contributed by atoms with Crippen molar-refractivity contribution in [2.24, 2.45) is 5.92 Å². The highest BCUT2D eigenvalue weighted by atomic mass is 19.1. The van der Waals surface area contributed by atoms with E-state index in [1.54, 1.807) is 43.4 Å². The molecular weight excluding hydrogens is 347 g/mol. The largest absolute Gasteiger partial charge is 0.502 e. The highest BCUT2D eigenvalue weighted by Gasteiger charge is 2.39. The number of para-hydroxylation sites is 1. The van der Waals surface area contributed by atoms with Crippen LogP contribution >= 0.6 is 0 Å². The van der Waals surface area contributed by atoms with E-state index in [1.165, 1.54) is 17.0 Å². The van der Waals surface area contributed by atoms with Gasteiger partial charge in [-0.2, -0.15) is 0 Å². The van der Waals surface area contributed by atoms with E-state index in [0.717, 1.165) is 12.0 Å². The van der Waals surface area contributed by atoms with Gasteiger partial charge in [0.05, 0.1) is 5.56 Å². The zero-order valence-electron chi connectivity index (χ0n) is 14.8. The van der Waals surface area contributed by atoms with Crippen LogP contribution < -0.4 is 5.56 Å². The van der Waals surface area contributed by atoms with Crippen molar-refractivity contribution in [1.82, 2.24) is 9.88 Å². The maximum atomic E-state index is 13.1. The van der Waals surface area contributed by atoms with Crippen molar-refractivity contribution in [3.05, 3.63) is 75.8 Å². The molecule has 4 rings (SSSR count). The van der Waals surface area contributed by atoms with Crippen LogP contribution in [0.15, 0.2) is 53.3 Å². The van der Waals surface area contributed by atoms with Crippen molar-refractivity contribution >= 4 is 16.8 Å². The fourth-order valence-electron chi connectivity index (χ4n) is 3.64. The van der Waals surface area contributed by atoms with Crippen LogP contribution in [-0.2, 0) is 0 Å². The summed E-state index contributed by atoms with van der Waals surface area (Å²) in [7, 11) is 1.66. The number of carbonyl (C=O) groups excluding carboxylic acids is 1. The van der Waals surface area contributed by atoms with E-state index in [2.05, 4.69) is 4.98 Å². The number of aromatic nitrogens is 1. The Morgan fingerprint density at radius 1 is 1.22 bits per heavy atom. The molecule has 0 aliphatic heterocycles. The first-order chi connectivity index (χ1) is 13.0. The van der Waals surface area contributed by atoms with Gasteiger partial charge in [-0.25, -0.2) is 4.39 Å². The van der Waals surface area contributed by atoms with Gasteiger partial charge in [-0.1, -0.05) is 30.3 Å². The van der Waals surface area contributed by atoms with Crippen molar-refractivity contribution in [2.75, 3.05) is 13.6 Å². The second-order valence-corrected chi connectivity index (χ2v) is 7.06. The number of H-pyrrole nitrogens is 1. The Bertz CT molecular complexity index is 1070. The second-order valence-electron chi connectivity index (χ2n) is 7.06. The molecular formula is C21H19FN2O3. The Hall–Kier alpha value is -3.15. The summed E-state index contributed by atoms with van der Waals surface area (Å²) >= 11 is 0. The fourth-order valence-corrected chi connectivity index (χ4v) is 3.64. The number of rotatable bonds is 4. The average molecular weight is 366 g/mol. The zero-order chi connectivity index (χ0) is 19.1. The zero-order valence-corrected chi connectivity index (χ0v) is 14.8. The molecule has 6 heteroatoms. The van der Waals surface area contributed by atoms with Gasteiger partial charge in [0.2, 0.25) is 0 Å². The van der Waals surface area contributed by atoms with Crippen molar-refractivity contribution in [2.45, 2.75) is 12.3 Å². The fraction of sp³-hybridized carbons (Fsp3) is 0.238. The molecule has 1 aromatic heterocycles. The number of hydrogen-bond donors (Lipinski definition) is 2. The molecule has 5 nitrogen and oxygen atoms in total. The number of carbonyl (C=O) groups is 1. The normalized spacial score (nSPS) is 18.4. The summed E-state index contributed by atoms with van der Waals surface area (Å²) in [6, 6.07) is 13.3. The van der Waals surface area contributed by atoms with Gasteiger partial charge in [-0.05, 0) is 42.0 Å². The highest BCUT2D eigenvalue weighted by Crippen LogP contribution is 2.47. The molecule has 0 unspecified atom stereocenters. The number of fused-ring (bicyclic) bond motifs is 1. The van der Waals surface area contributed by atoms with Gasteiger partial charge in [-0.3, -0.25) is 9.59 Å². The Kier molecular flexibility index (Phi) is 4.18. The van der Waals surface area contributed by atoms with Gasteiger partial charge in [0.15, 0.2) is 5.75 Å². The SMILES string of the molecule is CN(C[C@@H]1C[C@H]1c1ccc(F)cc1)C(=O)c1c(O)c(=O)[nH]c2ccccc12. The van der Waals surface area contributed by atoms with Crippen LogP contribution in [0, 0.1) is 11.7 Å². The topological polar surface area (TPSA) is 73.4 Å². The molecule has 1 aliphatic rings. The van der Waals surface area contributed by atoms with Crippen molar-refractivity contribution < 1.29 is 14.3 Å². The van der Waals surface area contributed by atoms with Crippen molar-refractivity contribution in [3.8, 4) is 5.75 Å². The summed E-state index contributed by atoms with van der Waals surface area (Å²) in [5.41, 5.74) is 0.913. The van der Waals surface area contributed by atoms with Gasteiger partial charge >= 0.3 is 0 Å². The average Bonchev–Trinajstić information content (AvgIpc) is 3.42. The molecule has 1 fully saturated rings. The number of halogens is 1. The van der Waals surface area contributed by atoms with E-state index in [9.17, 15) is 19.1 Å².